The van der Waals surface area contributed by atoms with Crippen molar-refractivity contribution in [1.29, 1.82) is 0 Å². The van der Waals surface area contributed by atoms with Gasteiger partial charge in [-0.05, 0) is 51.2 Å². The normalized spacial score (nSPS) is 14.0. The predicted molar refractivity (Wildman–Crippen MR) is 136 cm³/mol. The van der Waals surface area contributed by atoms with E-state index in [4.69, 9.17) is 0 Å². The van der Waals surface area contributed by atoms with Crippen molar-refractivity contribution in [2.45, 2.75) is 54.0 Å². The fourth-order valence-electron chi connectivity index (χ4n) is 3.87. The summed E-state index contributed by atoms with van der Waals surface area (Å²) in [6.45, 7) is 2.50. The maximum absolute atomic E-state index is 13.4. The number of imidazole rings is 1. The van der Waals surface area contributed by atoms with Crippen LogP contribution in [0, 0.1) is 6.92 Å². The molecular formula is C26H29N3O3S2. The summed E-state index contributed by atoms with van der Waals surface area (Å²) >= 11 is 1.13. The third kappa shape index (κ3) is 5.98. The average molecular weight is 496 g/mol. The van der Waals surface area contributed by atoms with Gasteiger partial charge < -0.3 is 10.3 Å². The minimum Gasteiger partial charge on any atom is -0.355 e. The second kappa shape index (κ2) is 11.1. The molecule has 3 aromatic rings. The largest absolute Gasteiger partial charge is 0.355 e. The highest BCUT2D eigenvalue weighted by atomic mass is 32.2. The van der Waals surface area contributed by atoms with Crippen LogP contribution in [0.15, 0.2) is 81.2 Å². The number of nitrogens with zero attached hydrogens (tertiary/aromatic N) is 1. The first-order valence-corrected chi connectivity index (χ1v) is 13.9. The van der Waals surface area contributed by atoms with Gasteiger partial charge >= 0.3 is 0 Å². The Labute approximate surface area is 205 Å². The molecule has 34 heavy (non-hydrogen) atoms. The number of aromatic amines is 1. The molecule has 0 bridgehead atoms. The fourth-order valence-corrected chi connectivity index (χ4v) is 6.32. The Balaban J connectivity index is 1.51. The molecule has 8 heteroatoms. The number of benzene rings is 2. The van der Waals surface area contributed by atoms with Crippen molar-refractivity contribution >= 4 is 27.5 Å². The lowest BCUT2D eigenvalue weighted by molar-refractivity contribution is -0.118. The number of allylic oxidation sites excluding steroid dienone is 1. The lowest BCUT2D eigenvalue weighted by Crippen LogP contribution is -2.26. The van der Waals surface area contributed by atoms with E-state index in [1.54, 1.807) is 24.3 Å². The topological polar surface area (TPSA) is 91.9 Å². The van der Waals surface area contributed by atoms with Crippen LogP contribution >= 0.6 is 11.8 Å². The first-order valence-electron chi connectivity index (χ1n) is 11.5. The van der Waals surface area contributed by atoms with E-state index in [0.29, 0.717) is 17.4 Å². The number of sulfone groups is 1. The number of nitrogens with one attached hydrogen (secondary N) is 2. The number of aromatic nitrogens is 2. The predicted octanol–water partition coefficient (Wildman–Crippen LogP) is 5.32. The van der Waals surface area contributed by atoms with Gasteiger partial charge in [-0.3, -0.25) is 4.79 Å². The summed E-state index contributed by atoms with van der Waals surface area (Å²) < 4.78 is 26.8. The summed E-state index contributed by atoms with van der Waals surface area (Å²) in [6, 6.07) is 16.1. The lowest BCUT2D eigenvalue weighted by Gasteiger charge is -2.12. The molecule has 0 fully saturated rings. The zero-order chi connectivity index (χ0) is 24.0. The van der Waals surface area contributed by atoms with Gasteiger partial charge in [0.2, 0.25) is 15.7 Å². The maximum atomic E-state index is 13.4. The molecule has 0 saturated heterocycles. The van der Waals surface area contributed by atoms with Crippen LogP contribution in [-0.4, -0.2) is 36.6 Å². The van der Waals surface area contributed by atoms with E-state index in [2.05, 4.69) is 21.4 Å². The molecule has 0 radical (unpaired) electrons. The van der Waals surface area contributed by atoms with E-state index in [0.717, 1.165) is 42.2 Å². The lowest BCUT2D eigenvalue weighted by atomic mass is 9.97. The molecule has 0 aliphatic heterocycles. The van der Waals surface area contributed by atoms with Crippen LogP contribution in [0.3, 0.4) is 0 Å². The van der Waals surface area contributed by atoms with Crippen LogP contribution in [0.25, 0.3) is 11.4 Å². The van der Waals surface area contributed by atoms with E-state index in [1.807, 2.05) is 37.3 Å². The van der Waals surface area contributed by atoms with Crippen molar-refractivity contribution in [1.82, 2.24) is 15.3 Å². The number of hydrogen-bond acceptors (Lipinski definition) is 5. The molecule has 1 heterocycles. The van der Waals surface area contributed by atoms with Crippen LogP contribution in [0.4, 0.5) is 0 Å². The van der Waals surface area contributed by atoms with Crippen molar-refractivity contribution < 1.29 is 13.2 Å². The highest BCUT2D eigenvalue weighted by Crippen LogP contribution is 2.32. The SMILES string of the molecule is Cc1ccc(S(=O)(=O)c2[nH]c(-c3ccccc3)nc2SCC(=O)NCCC2=CCCCC2)cc1. The van der Waals surface area contributed by atoms with Gasteiger partial charge in [0.25, 0.3) is 0 Å². The van der Waals surface area contributed by atoms with Crippen LogP contribution in [0.1, 0.15) is 37.7 Å². The fraction of sp³-hybridized carbons (Fsp3) is 0.308. The molecule has 1 amide bonds. The molecule has 1 aliphatic rings. The van der Waals surface area contributed by atoms with Crippen LogP contribution < -0.4 is 5.32 Å². The summed E-state index contributed by atoms with van der Waals surface area (Å²) in [5, 5.41) is 3.26. The number of amides is 1. The number of rotatable bonds is 9. The Bertz CT molecular complexity index is 1260. The van der Waals surface area contributed by atoms with E-state index < -0.39 is 9.84 Å². The van der Waals surface area contributed by atoms with Crippen molar-refractivity contribution in [3.05, 3.63) is 71.8 Å². The summed E-state index contributed by atoms with van der Waals surface area (Å²) in [7, 11) is -3.83. The third-order valence-electron chi connectivity index (χ3n) is 5.78. The van der Waals surface area contributed by atoms with Gasteiger partial charge in [0, 0.05) is 12.1 Å². The first kappa shape index (κ1) is 24.3. The van der Waals surface area contributed by atoms with Crippen molar-refractivity contribution in [2.24, 2.45) is 0 Å². The smallest absolute Gasteiger partial charge is 0.230 e. The van der Waals surface area contributed by atoms with E-state index in [9.17, 15) is 13.2 Å². The zero-order valence-electron chi connectivity index (χ0n) is 19.2. The highest BCUT2D eigenvalue weighted by Gasteiger charge is 2.26. The van der Waals surface area contributed by atoms with Gasteiger partial charge in [0.1, 0.15) is 10.9 Å². The molecule has 0 spiro atoms. The zero-order valence-corrected chi connectivity index (χ0v) is 20.8. The molecule has 2 N–H and O–H groups in total. The molecule has 0 saturated carbocycles. The minimum atomic E-state index is -3.83. The quantitative estimate of drug-likeness (QED) is 0.310. The second-order valence-electron chi connectivity index (χ2n) is 8.40. The standard InChI is InChI=1S/C26H29N3O3S2/c1-19-12-14-22(15-13-19)34(31,32)26-25(28-24(29-26)21-10-6-3-7-11-21)33-18-23(30)27-17-16-20-8-4-2-5-9-20/h3,6-8,10-15H,2,4-5,9,16-18H2,1H3,(H,27,30)(H,28,29). The molecule has 0 unspecified atom stereocenters. The Hall–Kier alpha value is -2.84. The molecule has 6 nitrogen and oxygen atoms in total. The number of hydrogen-bond donors (Lipinski definition) is 2. The molecule has 0 atom stereocenters. The molecule has 178 valence electrons. The van der Waals surface area contributed by atoms with Crippen LogP contribution in [0.2, 0.25) is 0 Å². The van der Waals surface area contributed by atoms with Gasteiger partial charge in [0.05, 0.1) is 10.6 Å². The van der Waals surface area contributed by atoms with E-state index in [-0.39, 0.29) is 21.6 Å². The number of aryl methyl sites for hydroxylation is 1. The van der Waals surface area contributed by atoms with Gasteiger partial charge in [0.15, 0.2) is 5.03 Å². The summed E-state index contributed by atoms with van der Waals surface area (Å²) in [4.78, 5) is 20.2. The Kier molecular flexibility index (Phi) is 7.90. The van der Waals surface area contributed by atoms with E-state index >= 15 is 0 Å². The van der Waals surface area contributed by atoms with Crippen molar-refractivity contribution in [3.63, 3.8) is 0 Å². The van der Waals surface area contributed by atoms with Crippen molar-refractivity contribution in [3.8, 4) is 11.4 Å². The van der Waals surface area contributed by atoms with Gasteiger partial charge in [-0.25, -0.2) is 13.4 Å². The number of carbonyl (C=O) groups excluding carboxylic acids is 1. The van der Waals surface area contributed by atoms with Crippen LogP contribution in [-0.2, 0) is 14.6 Å². The monoisotopic (exact) mass is 495 g/mol. The number of carbonyl (C=O) groups is 1. The third-order valence-corrected chi connectivity index (χ3v) is 8.61. The Morgan fingerprint density at radius 2 is 1.85 bits per heavy atom. The van der Waals surface area contributed by atoms with Gasteiger partial charge in [-0.2, -0.15) is 0 Å². The molecular weight excluding hydrogens is 466 g/mol. The summed E-state index contributed by atoms with van der Waals surface area (Å²) in [6.07, 6.45) is 7.85. The first-order chi connectivity index (χ1) is 16.4. The maximum Gasteiger partial charge on any atom is 0.230 e. The number of H-pyrrole nitrogens is 1. The minimum absolute atomic E-state index is 0.0142. The highest BCUT2D eigenvalue weighted by molar-refractivity contribution is 8.00. The second-order valence-corrected chi connectivity index (χ2v) is 11.2. The molecule has 4 rings (SSSR count). The van der Waals surface area contributed by atoms with Crippen LogP contribution in [0.5, 0.6) is 0 Å². The Morgan fingerprint density at radius 1 is 1.09 bits per heavy atom. The van der Waals surface area contributed by atoms with Crippen molar-refractivity contribution in [2.75, 3.05) is 12.3 Å². The number of thioether (sulfide) groups is 1. The molecule has 1 aromatic heterocycles. The Morgan fingerprint density at radius 3 is 2.56 bits per heavy atom. The molecule has 1 aliphatic carbocycles. The average Bonchev–Trinajstić information content (AvgIpc) is 3.30. The summed E-state index contributed by atoms with van der Waals surface area (Å²) in [5.41, 5.74) is 3.16. The van der Waals surface area contributed by atoms with Gasteiger partial charge in [-0.1, -0.05) is 71.4 Å². The van der Waals surface area contributed by atoms with E-state index in [1.165, 1.54) is 18.4 Å². The summed E-state index contributed by atoms with van der Waals surface area (Å²) in [5.74, 6) is 0.414. The molecule has 2 aromatic carbocycles. The van der Waals surface area contributed by atoms with Gasteiger partial charge in [-0.15, -0.1) is 0 Å².